The third-order valence-electron chi connectivity index (χ3n) is 3.92. The van der Waals surface area contributed by atoms with Gasteiger partial charge in [-0.1, -0.05) is 11.6 Å². The molecule has 1 amide bonds. The molecule has 0 unspecified atom stereocenters. The Balaban J connectivity index is 2.02. The van der Waals surface area contributed by atoms with Crippen LogP contribution in [-0.2, 0) is 11.3 Å². The lowest BCUT2D eigenvalue weighted by Gasteiger charge is -2.19. The molecule has 1 aromatic carbocycles. The maximum Gasteiger partial charge on any atom is 0.216 e. The summed E-state index contributed by atoms with van der Waals surface area (Å²) in [6, 6.07) is 3.68. The minimum Gasteiger partial charge on any atom is -0.493 e. The van der Waals surface area contributed by atoms with Gasteiger partial charge in [0, 0.05) is 43.2 Å². The van der Waals surface area contributed by atoms with Crippen molar-refractivity contribution in [2.45, 2.75) is 19.9 Å². The summed E-state index contributed by atoms with van der Waals surface area (Å²) in [5, 5.41) is 3.53. The maximum absolute atomic E-state index is 11.0. The summed E-state index contributed by atoms with van der Waals surface area (Å²) < 4.78 is 10.8. The topological polar surface area (TPSA) is 50.8 Å². The molecule has 0 radical (unpaired) electrons. The van der Waals surface area contributed by atoms with Gasteiger partial charge in [0.15, 0.2) is 11.5 Å². The van der Waals surface area contributed by atoms with Gasteiger partial charge in [-0.2, -0.15) is 0 Å². The van der Waals surface area contributed by atoms with Crippen LogP contribution in [0.5, 0.6) is 11.5 Å². The normalized spacial score (nSPS) is 18.3. The molecule has 1 saturated heterocycles. The van der Waals surface area contributed by atoms with Gasteiger partial charge in [-0.05, 0) is 24.9 Å². The molecule has 1 N–H and O–H groups in total. The Morgan fingerprint density at radius 2 is 2.18 bits per heavy atom. The van der Waals surface area contributed by atoms with Gasteiger partial charge in [-0.3, -0.25) is 9.69 Å². The number of rotatable bonds is 6. The number of methoxy groups -OCH3 is 2. The number of hydrogen-bond donors (Lipinski definition) is 1. The Hall–Kier alpha value is -1.46. The number of benzene rings is 1. The lowest BCUT2D eigenvalue weighted by atomic mass is 10.1. The molecule has 1 aromatic rings. The van der Waals surface area contributed by atoms with E-state index in [0.717, 1.165) is 43.9 Å². The van der Waals surface area contributed by atoms with Gasteiger partial charge in [0.2, 0.25) is 5.91 Å². The van der Waals surface area contributed by atoms with Crippen molar-refractivity contribution in [1.82, 2.24) is 10.2 Å². The third kappa shape index (κ3) is 4.27. The highest BCUT2D eigenvalue weighted by molar-refractivity contribution is 6.30. The number of nitrogens with zero attached hydrogens (tertiary/aromatic N) is 1. The molecule has 22 heavy (non-hydrogen) atoms. The fraction of sp³-hybridized carbons (Fsp3) is 0.562. The van der Waals surface area contributed by atoms with E-state index in [1.807, 2.05) is 6.07 Å². The Bertz CT molecular complexity index is 536. The average molecular weight is 327 g/mol. The molecule has 1 aliphatic rings. The summed E-state index contributed by atoms with van der Waals surface area (Å²) in [5.41, 5.74) is 1.02. The van der Waals surface area contributed by atoms with Gasteiger partial charge in [-0.15, -0.1) is 0 Å². The second kappa shape index (κ2) is 7.70. The number of halogens is 1. The van der Waals surface area contributed by atoms with E-state index in [1.165, 1.54) is 0 Å². The summed E-state index contributed by atoms with van der Waals surface area (Å²) in [7, 11) is 3.25. The van der Waals surface area contributed by atoms with Gasteiger partial charge < -0.3 is 14.8 Å². The average Bonchev–Trinajstić information content (AvgIpc) is 2.92. The van der Waals surface area contributed by atoms with Crippen molar-refractivity contribution in [2.24, 2.45) is 5.92 Å². The molecule has 0 spiro atoms. The summed E-state index contributed by atoms with van der Waals surface area (Å²) in [4.78, 5) is 13.3. The summed E-state index contributed by atoms with van der Waals surface area (Å²) in [6.45, 7) is 5.01. The molecular weight excluding hydrogens is 304 g/mol. The predicted octanol–water partition coefficient (Wildman–Crippen LogP) is 2.32. The van der Waals surface area contributed by atoms with Crippen LogP contribution in [0.25, 0.3) is 0 Å². The Morgan fingerprint density at radius 3 is 2.82 bits per heavy atom. The van der Waals surface area contributed by atoms with Crippen LogP contribution < -0.4 is 14.8 Å². The van der Waals surface area contributed by atoms with Crippen LogP contribution in [0.3, 0.4) is 0 Å². The second-order valence-corrected chi connectivity index (χ2v) is 6.06. The largest absolute Gasteiger partial charge is 0.493 e. The fourth-order valence-corrected chi connectivity index (χ4v) is 3.11. The first-order valence-corrected chi connectivity index (χ1v) is 7.78. The van der Waals surface area contributed by atoms with Crippen molar-refractivity contribution >= 4 is 17.5 Å². The second-order valence-electron chi connectivity index (χ2n) is 5.63. The number of carbonyl (C=O) groups is 1. The molecule has 0 aromatic heterocycles. The quantitative estimate of drug-likeness (QED) is 0.871. The van der Waals surface area contributed by atoms with E-state index in [1.54, 1.807) is 27.2 Å². The third-order valence-corrected chi connectivity index (χ3v) is 4.14. The van der Waals surface area contributed by atoms with E-state index in [9.17, 15) is 4.79 Å². The zero-order valence-electron chi connectivity index (χ0n) is 13.3. The zero-order valence-corrected chi connectivity index (χ0v) is 14.1. The van der Waals surface area contributed by atoms with Crippen LogP contribution >= 0.6 is 11.6 Å². The summed E-state index contributed by atoms with van der Waals surface area (Å²) in [5.74, 6) is 1.91. The van der Waals surface area contributed by atoms with Gasteiger partial charge >= 0.3 is 0 Å². The van der Waals surface area contributed by atoms with Crippen LogP contribution in [0.2, 0.25) is 5.02 Å². The van der Waals surface area contributed by atoms with Gasteiger partial charge in [0.1, 0.15) is 0 Å². The maximum atomic E-state index is 11.0. The fourth-order valence-electron chi connectivity index (χ4n) is 2.88. The smallest absolute Gasteiger partial charge is 0.216 e. The molecule has 0 saturated carbocycles. The minimum atomic E-state index is 0.0275. The molecule has 1 aliphatic heterocycles. The Morgan fingerprint density at radius 1 is 1.41 bits per heavy atom. The highest BCUT2D eigenvalue weighted by Crippen LogP contribution is 2.35. The number of amides is 1. The van der Waals surface area contributed by atoms with Crippen molar-refractivity contribution in [2.75, 3.05) is 33.9 Å². The molecule has 1 atom stereocenters. The van der Waals surface area contributed by atoms with Crippen molar-refractivity contribution in [1.29, 1.82) is 0 Å². The Labute approximate surface area is 136 Å². The first-order valence-electron chi connectivity index (χ1n) is 7.40. The highest BCUT2D eigenvalue weighted by Gasteiger charge is 2.24. The van der Waals surface area contributed by atoms with E-state index in [2.05, 4.69) is 10.2 Å². The molecule has 2 rings (SSSR count). The predicted molar refractivity (Wildman–Crippen MR) is 86.6 cm³/mol. The van der Waals surface area contributed by atoms with Crippen molar-refractivity contribution < 1.29 is 14.3 Å². The SMILES string of the molecule is COc1cc(Cl)cc(CN2CC[C@@H](CNC(C)=O)C2)c1OC. The molecule has 5 nitrogen and oxygen atoms in total. The lowest BCUT2D eigenvalue weighted by Crippen LogP contribution is -2.29. The van der Waals surface area contributed by atoms with Crippen LogP contribution in [0.15, 0.2) is 12.1 Å². The van der Waals surface area contributed by atoms with E-state index in [-0.39, 0.29) is 5.91 Å². The van der Waals surface area contributed by atoms with Gasteiger partial charge in [0.05, 0.1) is 14.2 Å². The minimum absolute atomic E-state index is 0.0275. The van der Waals surface area contributed by atoms with E-state index >= 15 is 0 Å². The summed E-state index contributed by atoms with van der Waals surface area (Å²) >= 11 is 6.15. The number of likely N-dealkylation sites (tertiary alicyclic amines) is 1. The van der Waals surface area contributed by atoms with Gasteiger partial charge in [0.25, 0.3) is 0 Å². The number of carbonyl (C=O) groups excluding carboxylic acids is 1. The van der Waals surface area contributed by atoms with Crippen molar-refractivity contribution in [3.63, 3.8) is 0 Å². The Kier molecular flexibility index (Phi) is 5.91. The number of nitrogens with one attached hydrogen (secondary N) is 1. The van der Waals surface area contributed by atoms with E-state index in [0.29, 0.717) is 16.7 Å². The van der Waals surface area contributed by atoms with Crippen LogP contribution in [0, 0.1) is 5.92 Å². The molecule has 0 bridgehead atoms. The van der Waals surface area contributed by atoms with Crippen LogP contribution in [0.1, 0.15) is 18.9 Å². The number of ether oxygens (including phenoxy) is 2. The first-order chi connectivity index (χ1) is 10.5. The first kappa shape index (κ1) is 16.9. The number of hydrogen-bond acceptors (Lipinski definition) is 4. The van der Waals surface area contributed by atoms with Crippen molar-refractivity contribution in [3.05, 3.63) is 22.7 Å². The molecular formula is C16H23ClN2O3. The molecule has 6 heteroatoms. The molecule has 0 aliphatic carbocycles. The van der Waals surface area contributed by atoms with Crippen LogP contribution in [-0.4, -0.2) is 44.7 Å². The highest BCUT2D eigenvalue weighted by atomic mass is 35.5. The molecule has 1 heterocycles. The monoisotopic (exact) mass is 326 g/mol. The van der Waals surface area contributed by atoms with Crippen molar-refractivity contribution in [3.8, 4) is 11.5 Å². The van der Waals surface area contributed by atoms with E-state index < -0.39 is 0 Å². The van der Waals surface area contributed by atoms with Gasteiger partial charge in [-0.25, -0.2) is 0 Å². The zero-order chi connectivity index (χ0) is 16.1. The standard InChI is InChI=1S/C16H23ClN2O3/c1-11(20)18-8-12-4-5-19(9-12)10-13-6-14(17)7-15(21-2)16(13)22-3/h6-7,12H,4-5,8-10H2,1-3H3,(H,18,20)/t12-/m0/s1. The van der Waals surface area contributed by atoms with E-state index in [4.69, 9.17) is 21.1 Å². The summed E-state index contributed by atoms with van der Waals surface area (Å²) in [6.07, 6.45) is 1.08. The molecule has 1 fully saturated rings. The van der Waals surface area contributed by atoms with Crippen LogP contribution in [0.4, 0.5) is 0 Å². The molecule has 122 valence electrons. The lowest BCUT2D eigenvalue weighted by molar-refractivity contribution is -0.119.